The Morgan fingerprint density at radius 3 is 2.60 bits per heavy atom. The summed E-state index contributed by atoms with van der Waals surface area (Å²) in [6.07, 6.45) is 3.92. The van der Waals surface area contributed by atoms with E-state index in [0.717, 1.165) is 19.5 Å². The van der Waals surface area contributed by atoms with Gasteiger partial charge in [-0.2, -0.15) is 0 Å². The van der Waals surface area contributed by atoms with Gasteiger partial charge in [0, 0.05) is 22.6 Å². The lowest BCUT2D eigenvalue weighted by molar-refractivity contribution is -0.121. The average molecular weight is 315 g/mol. The monoisotopic (exact) mass is 314 g/mol. The van der Waals surface area contributed by atoms with Crippen LogP contribution in [0.5, 0.6) is 0 Å². The highest BCUT2D eigenvalue weighted by Gasteiger charge is 2.43. The molecular formula is C15H23ClN2OS. The zero-order valence-corrected chi connectivity index (χ0v) is 13.5. The van der Waals surface area contributed by atoms with Gasteiger partial charge in [-0.1, -0.05) is 18.2 Å². The molecular weight excluding hydrogens is 292 g/mol. The highest BCUT2D eigenvalue weighted by molar-refractivity contribution is 8.01. The molecule has 0 radical (unpaired) electrons. The first-order chi connectivity index (χ1) is 9.24. The molecule has 0 aromatic heterocycles. The van der Waals surface area contributed by atoms with Crippen LogP contribution in [-0.2, 0) is 4.79 Å². The fourth-order valence-corrected chi connectivity index (χ4v) is 3.21. The molecule has 2 N–H and O–H groups in total. The van der Waals surface area contributed by atoms with Gasteiger partial charge in [0.25, 0.3) is 0 Å². The number of carbonyl (C=O) groups is 1. The molecule has 1 fully saturated rings. The van der Waals surface area contributed by atoms with E-state index in [2.05, 4.69) is 34.9 Å². The van der Waals surface area contributed by atoms with Crippen LogP contribution >= 0.6 is 24.2 Å². The number of amides is 1. The van der Waals surface area contributed by atoms with Gasteiger partial charge in [0.2, 0.25) is 5.91 Å². The van der Waals surface area contributed by atoms with Crippen molar-refractivity contribution in [3.8, 4) is 0 Å². The van der Waals surface area contributed by atoms with Crippen molar-refractivity contribution in [3.05, 3.63) is 30.3 Å². The van der Waals surface area contributed by atoms with Gasteiger partial charge in [0.05, 0.1) is 0 Å². The summed E-state index contributed by atoms with van der Waals surface area (Å²) in [5.74, 6) is 0.176. The number of nitrogens with one attached hydrogen (secondary N) is 2. The van der Waals surface area contributed by atoms with Crippen molar-refractivity contribution in [2.45, 2.75) is 35.3 Å². The van der Waals surface area contributed by atoms with Crippen LogP contribution in [-0.4, -0.2) is 30.8 Å². The van der Waals surface area contributed by atoms with Gasteiger partial charge in [-0.15, -0.1) is 24.2 Å². The van der Waals surface area contributed by atoms with Gasteiger partial charge in [-0.25, -0.2) is 0 Å². The normalized spacial score (nSPS) is 15.2. The Kier molecular flexibility index (Phi) is 7.41. The number of halogens is 1. The van der Waals surface area contributed by atoms with Gasteiger partial charge >= 0.3 is 0 Å². The van der Waals surface area contributed by atoms with Gasteiger partial charge in [-0.3, -0.25) is 4.79 Å². The van der Waals surface area contributed by atoms with E-state index >= 15 is 0 Å². The van der Waals surface area contributed by atoms with E-state index in [1.54, 1.807) is 0 Å². The van der Waals surface area contributed by atoms with Crippen molar-refractivity contribution in [2.75, 3.05) is 20.1 Å². The fourth-order valence-electron chi connectivity index (χ4n) is 1.97. The molecule has 1 aliphatic rings. The Balaban J connectivity index is 0.00000200. The lowest BCUT2D eigenvalue weighted by Crippen LogP contribution is -2.32. The highest BCUT2D eigenvalue weighted by Crippen LogP contribution is 2.51. The molecule has 20 heavy (non-hydrogen) atoms. The molecule has 0 bridgehead atoms. The minimum Gasteiger partial charge on any atom is -0.355 e. The van der Waals surface area contributed by atoms with E-state index in [1.165, 1.54) is 17.7 Å². The zero-order chi connectivity index (χ0) is 13.6. The van der Waals surface area contributed by atoms with Crippen LogP contribution < -0.4 is 10.6 Å². The smallest absolute Gasteiger partial charge is 0.220 e. The molecule has 0 spiro atoms. The summed E-state index contributed by atoms with van der Waals surface area (Å²) in [5, 5.41) is 6.13. The Bertz CT molecular complexity index is 410. The maximum absolute atomic E-state index is 11.7. The third kappa shape index (κ3) is 5.73. The standard InChI is InChI=1S/C15H22N2OS.ClH/c1-16-11-5-8-14(18)17-12-15(9-10-15)19-13-6-3-2-4-7-13;/h2-4,6-7,16H,5,8-12H2,1H3,(H,17,18);1H. The van der Waals surface area contributed by atoms with E-state index in [4.69, 9.17) is 0 Å². The quantitative estimate of drug-likeness (QED) is 0.725. The van der Waals surface area contributed by atoms with Crippen LogP contribution in [0.15, 0.2) is 35.2 Å². The van der Waals surface area contributed by atoms with E-state index in [1.807, 2.05) is 24.9 Å². The van der Waals surface area contributed by atoms with E-state index in [9.17, 15) is 4.79 Å². The van der Waals surface area contributed by atoms with Crippen molar-refractivity contribution < 1.29 is 4.79 Å². The van der Waals surface area contributed by atoms with Crippen LogP contribution in [0.4, 0.5) is 0 Å². The summed E-state index contributed by atoms with van der Waals surface area (Å²) >= 11 is 1.90. The number of hydrogen-bond donors (Lipinski definition) is 2. The zero-order valence-electron chi connectivity index (χ0n) is 11.9. The first kappa shape index (κ1) is 17.3. The molecule has 1 saturated carbocycles. The number of rotatable bonds is 8. The second-order valence-electron chi connectivity index (χ2n) is 5.08. The van der Waals surface area contributed by atoms with Crippen LogP contribution in [0.3, 0.4) is 0 Å². The van der Waals surface area contributed by atoms with Crippen molar-refractivity contribution in [2.24, 2.45) is 0 Å². The van der Waals surface area contributed by atoms with Crippen LogP contribution in [0.25, 0.3) is 0 Å². The van der Waals surface area contributed by atoms with E-state index in [0.29, 0.717) is 6.42 Å². The Morgan fingerprint density at radius 2 is 2.00 bits per heavy atom. The Morgan fingerprint density at radius 1 is 1.30 bits per heavy atom. The summed E-state index contributed by atoms with van der Waals surface area (Å²) in [4.78, 5) is 13.0. The van der Waals surface area contributed by atoms with Crippen molar-refractivity contribution in [1.82, 2.24) is 10.6 Å². The minimum atomic E-state index is 0. The lowest BCUT2D eigenvalue weighted by Gasteiger charge is -2.15. The molecule has 1 amide bonds. The highest BCUT2D eigenvalue weighted by atomic mass is 35.5. The molecule has 112 valence electrons. The molecule has 2 rings (SSSR count). The molecule has 0 unspecified atom stereocenters. The molecule has 3 nitrogen and oxygen atoms in total. The molecule has 0 heterocycles. The van der Waals surface area contributed by atoms with Crippen molar-refractivity contribution in [1.29, 1.82) is 0 Å². The topological polar surface area (TPSA) is 41.1 Å². The molecule has 5 heteroatoms. The summed E-state index contributed by atoms with van der Waals surface area (Å²) < 4.78 is 0.250. The maximum atomic E-state index is 11.7. The molecule has 1 aliphatic carbocycles. The maximum Gasteiger partial charge on any atom is 0.220 e. The molecule has 0 aliphatic heterocycles. The third-order valence-electron chi connectivity index (χ3n) is 3.32. The predicted molar refractivity (Wildman–Crippen MR) is 87.7 cm³/mol. The van der Waals surface area contributed by atoms with E-state index < -0.39 is 0 Å². The second-order valence-corrected chi connectivity index (χ2v) is 6.62. The molecule has 1 aromatic rings. The first-order valence-electron chi connectivity index (χ1n) is 6.89. The summed E-state index contributed by atoms with van der Waals surface area (Å²) in [7, 11) is 1.91. The second kappa shape index (κ2) is 8.55. The van der Waals surface area contributed by atoms with Crippen LogP contribution in [0.1, 0.15) is 25.7 Å². The van der Waals surface area contributed by atoms with Crippen LogP contribution in [0.2, 0.25) is 0 Å². The number of hydrogen-bond acceptors (Lipinski definition) is 3. The molecule has 1 aromatic carbocycles. The predicted octanol–water partition coefficient (Wildman–Crippen LogP) is 2.85. The average Bonchev–Trinajstić information content (AvgIpc) is 3.18. The Hall–Kier alpha value is -0.710. The summed E-state index contributed by atoms with van der Waals surface area (Å²) in [6.45, 7) is 1.70. The number of benzene rings is 1. The van der Waals surface area contributed by atoms with Crippen LogP contribution in [0, 0.1) is 0 Å². The largest absolute Gasteiger partial charge is 0.355 e. The fraction of sp³-hybridized carbons (Fsp3) is 0.533. The van der Waals surface area contributed by atoms with Gasteiger partial charge in [-0.05, 0) is 45.0 Å². The van der Waals surface area contributed by atoms with Gasteiger partial charge < -0.3 is 10.6 Å². The third-order valence-corrected chi connectivity index (χ3v) is 4.82. The number of carbonyl (C=O) groups excluding carboxylic acids is 1. The number of thioether (sulfide) groups is 1. The van der Waals surface area contributed by atoms with Crippen molar-refractivity contribution >= 4 is 30.1 Å². The molecule has 0 saturated heterocycles. The Labute approximate surface area is 131 Å². The minimum absolute atomic E-state index is 0. The summed E-state index contributed by atoms with van der Waals surface area (Å²) in [6, 6.07) is 10.4. The molecule has 0 atom stereocenters. The SMILES string of the molecule is CNCCCC(=O)NCC1(Sc2ccccc2)CC1.Cl. The van der Waals surface area contributed by atoms with Gasteiger partial charge in [0.15, 0.2) is 0 Å². The summed E-state index contributed by atoms with van der Waals surface area (Å²) in [5.41, 5.74) is 0. The van der Waals surface area contributed by atoms with E-state index in [-0.39, 0.29) is 23.1 Å². The lowest BCUT2D eigenvalue weighted by atomic mass is 10.3. The van der Waals surface area contributed by atoms with Gasteiger partial charge in [0.1, 0.15) is 0 Å². The first-order valence-corrected chi connectivity index (χ1v) is 7.71. The van der Waals surface area contributed by atoms with Crippen molar-refractivity contribution in [3.63, 3.8) is 0 Å².